The van der Waals surface area contributed by atoms with Crippen LogP contribution in [0.3, 0.4) is 0 Å². The van der Waals surface area contributed by atoms with Crippen LogP contribution in [0.1, 0.15) is 31.1 Å². The average Bonchev–Trinajstić information content (AvgIpc) is 3.16. The number of phenolic OH excluding ortho intramolecular Hbond substituents is 1. The normalized spacial score (nSPS) is 22.0. The molecule has 2 aromatic carbocycles. The van der Waals surface area contributed by atoms with Crippen molar-refractivity contribution >= 4 is 22.6 Å². The van der Waals surface area contributed by atoms with E-state index < -0.39 is 0 Å². The molecule has 0 saturated carbocycles. The van der Waals surface area contributed by atoms with Crippen LogP contribution < -0.4 is 0 Å². The summed E-state index contributed by atoms with van der Waals surface area (Å²) < 4.78 is 5.90. The zero-order valence-electron chi connectivity index (χ0n) is 17.7. The van der Waals surface area contributed by atoms with Crippen molar-refractivity contribution in [2.24, 2.45) is 5.41 Å². The van der Waals surface area contributed by atoms with Crippen LogP contribution in [-0.4, -0.2) is 65.1 Å². The van der Waals surface area contributed by atoms with Gasteiger partial charge in [-0.3, -0.25) is 9.59 Å². The molecule has 0 bridgehead atoms. The third-order valence-corrected chi connectivity index (χ3v) is 5.73. The number of benzene rings is 2. The number of rotatable bonds is 2. The number of fused-ring (bicyclic) bond motifs is 2. The number of morpholine rings is 1. The number of likely N-dealkylation sites (tertiary alicyclic amines) is 1. The molecule has 2 atom stereocenters. The predicted molar refractivity (Wildman–Crippen MR) is 115 cm³/mol. The van der Waals surface area contributed by atoms with Crippen molar-refractivity contribution in [3.05, 3.63) is 54.1 Å². The van der Waals surface area contributed by atoms with E-state index in [1.807, 2.05) is 29.2 Å². The molecule has 6 nitrogen and oxygen atoms in total. The van der Waals surface area contributed by atoms with Crippen molar-refractivity contribution < 1.29 is 19.4 Å². The third kappa shape index (κ3) is 3.92. The predicted octanol–water partition coefficient (Wildman–Crippen LogP) is 3.20. The number of carbonyl (C=O) groups is 2. The summed E-state index contributed by atoms with van der Waals surface area (Å²) >= 11 is 0. The van der Waals surface area contributed by atoms with Crippen LogP contribution >= 0.6 is 0 Å². The number of hydrogen-bond acceptors (Lipinski definition) is 4. The fourth-order valence-corrected chi connectivity index (χ4v) is 4.18. The molecule has 2 aromatic rings. The van der Waals surface area contributed by atoms with Crippen LogP contribution in [0.2, 0.25) is 0 Å². The highest BCUT2D eigenvalue weighted by Crippen LogP contribution is 2.30. The van der Waals surface area contributed by atoms with Gasteiger partial charge in [-0.05, 0) is 29.0 Å². The summed E-state index contributed by atoms with van der Waals surface area (Å²) in [5.74, 6) is 0.0115. The third-order valence-electron chi connectivity index (χ3n) is 5.73. The topological polar surface area (TPSA) is 70.1 Å². The van der Waals surface area contributed by atoms with Crippen LogP contribution in [0.5, 0.6) is 5.75 Å². The van der Waals surface area contributed by atoms with E-state index in [4.69, 9.17) is 4.74 Å². The number of carbonyl (C=O) groups excluding carboxylic acids is 2. The summed E-state index contributed by atoms with van der Waals surface area (Å²) in [6.07, 6.45) is 3.37. The Labute approximate surface area is 176 Å². The minimum absolute atomic E-state index is 0.0346. The molecule has 0 unspecified atom stereocenters. The van der Waals surface area contributed by atoms with Gasteiger partial charge in [-0.25, -0.2) is 0 Å². The van der Waals surface area contributed by atoms with E-state index in [0.29, 0.717) is 37.2 Å². The Morgan fingerprint density at radius 3 is 2.57 bits per heavy atom. The van der Waals surface area contributed by atoms with Crippen molar-refractivity contribution in [1.29, 1.82) is 0 Å². The van der Waals surface area contributed by atoms with Gasteiger partial charge in [0.2, 0.25) is 5.91 Å². The maximum Gasteiger partial charge on any atom is 0.254 e. The Hall–Kier alpha value is -2.86. The second-order valence-corrected chi connectivity index (χ2v) is 9.10. The molecule has 6 heteroatoms. The summed E-state index contributed by atoms with van der Waals surface area (Å²) in [7, 11) is 0. The zero-order valence-corrected chi connectivity index (χ0v) is 17.7. The fraction of sp³-hybridized carbons (Fsp3) is 0.417. The number of nitrogens with zero attached hydrogens (tertiary/aromatic N) is 2. The fourth-order valence-electron chi connectivity index (χ4n) is 4.18. The number of ether oxygens (including phenoxy) is 1. The lowest BCUT2D eigenvalue weighted by molar-refractivity contribution is -0.137. The van der Waals surface area contributed by atoms with Gasteiger partial charge in [0.25, 0.3) is 5.91 Å². The molecule has 2 saturated heterocycles. The molecule has 0 aliphatic carbocycles. The summed E-state index contributed by atoms with van der Waals surface area (Å²) in [6, 6.07) is 10.4. The van der Waals surface area contributed by atoms with E-state index in [1.54, 1.807) is 29.2 Å². The molecular formula is C24H28N2O4. The number of aromatic hydroxyl groups is 1. The van der Waals surface area contributed by atoms with E-state index in [1.165, 1.54) is 0 Å². The molecule has 158 valence electrons. The zero-order chi connectivity index (χ0) is 21.5. The van der Waals surface area contributed by atoms with E-state index in [0.717, 1.165) is 5.39 Å². The van der Waals surface area contributed by atoms with E-state index in [2.05, 4.69) is 20.8 Å². The maximum atomic E-state index is 13.3. The molecule has 2 aliphatic heterocycles. The van der Waals surface area contributed by atoms with Gasteiger partial charge in [0, 0.05) is 30.6 Å². The lowest BCUT2D eigenvalue weighted by Gasteiger charge is -2.36. The molecule has 30 heavy (non-hydrogen) atoms. The number of hydrogen-bond donors (Lipinski definition) is 1. The van der Waals surface area contributed by atoms with Gasteiger partial charge in [0.1, 0.15) is 5.75 Å². The molecule has 4 rings (SSSR count). The van der Waals surface area contributed by atoms with Crippen molar-refractivity contribution in [3.63, 3.8) is 0 Å². The first-order valence-electron chi connectivity index (χ1n) is 10.4. The Morgan fingerprint density at radius 2 is 1.83 bits per heavy atom. The van der Waals surface area contributed by atoms with Crippen LogP contribution in [0.25, 0.3) is 10.8 Å². The SMILES string of the molecule is CC(C)(C)/C=C/C(=O)N1CCO[C@@H]2CN(C(=O)c3ccc(O)c4ccccc34)C[C@@H]21. The number of amides is 2. The van der Waals surface area contributed by atoms with Gasteiger partial charge in [-0.2, -0.15) is 0 Å². The smallest absolute Gasteiger partial charge is 0.254 e. The maximum absolute atomic E-state index is 13.3. The lowest BCUT2D eigenvalue weighted by atomic mass is 9.96. The van der Waals surface area contributed by atoms with E-state index >= 15 is 0 Å². The lowest BCUT2D eigenvalue weighted by Crippen LogP contribution is -2.52. The second-order valence-electron chi connectivity index (χ2n) is 9.10. The largest absolute Gasteiger partial charge is 0.507 e. The van der Waals surface area contributed by atoms with Crippen LogP contribution in [-0.2, 0) is 9.53 Å². The highest BCUT2D eigenvalue weighted by Gasteiger charge is 2.43. The van der Waals surface area contributed by atoms with Gasteiger partial charge in [-0.15, -0.1) is 0 Å². The molecule has 0 aromatic heterocycles. The molecule has 2 heterocycles. The van der Waals surface area contributed by atoms with Gasteiger partial charge >= 0.3 is 0 Å². The highest BCUT2D eigenvalue weighted by atomic mass is 16.5. The Kier molecular flexibility index (Phi) is 5.28. The van der Waals surface area contributed by atoms with E-state index in [9.17, 15) is 14.7 Å². The van der Waals surface area contributed by atoms with Gasteiger partial charge < -0.3 is 19.6 Å². The molecule has 2 aliphatic rings. The van der Waals surface area contributed by atoms with Crippen molar-refractivity contribution in [1.82, 2.24) is 9.80 Å². The first kappa shape index (κ1) is 20.4. The first-order valence-corrected chi connectivity index (χ1v) is 10.4. The Balaban J connectivity index is 1.56. The molecule has 0 radical (unpaired) electrons. The molecule has 0 spiro atoms. The Bertz CT molecular complexity index is 1010. The number of phenols is 1. The van der Waals surface area contributed by atoms with Gasteiger partial charge in [0.15, 0.2) is 0 Å². The minimum atomic E-state index is -0.182. The summed E-state index contributed by atoms with van der Waals surface area (Å²) in [6.45, 7) is 8.04. The minimum Gasteiger partial charge on any atom is -0.507 e. The standard InChI is InChI=1S/C24H28N2O4/c1-24(2,3)11-10-22(28)26-12-13-30-21-15-25(14-19(21)26)23(29)18-8-9-20(27)17-7-5-4-6-16(17)18/h4-11,19,21,27H,12-15H2,1-3H3/b11-10+/t19-,21+/m0/s1. The molecular weight excluding hydrogens is 380 g/mol. The Morgan fingerprint density at radius 1 is 1.10 bits per heavy atom. The first-order chi connectivity index (χ1) is 14.2. The second kappa shape index (κ2) is 7.76. The quantitative estimate of drug-likeness (QED) is 0.775. The number of allylic oxidation sites excluding steroid dienone is 1. The summed E-state index contributed by atoms with van der Waals surface area (Å²) in [5.41, 5.74) is 0.478. The van der Waals surface area contributed by atoms with Crippen LogP contribution in [0.4, 0.5) is 0 Å². The molecule has 1 N–H and O–H groups in total. The highest BCUT2D eigenvalue weighted by molar-refractivity contribution is 6.08. The van der Waals surface area contributed by atoms with Crippen LogP contribution in [0, 0.1) is 5.41 Å². The van der Waals surface area contributed by atoms with Gasteiger partial charge in [0.05, 0.1) is 18.8 Å². The van der Waals surface area contributed by atoms with Crippen molar-refractivity contribution in [2.75, 3.05) is 26.2 Å². The monoisotopic (exact) mass is 408 g/mol. The average molecular weight is 408 g/mol. The molecule has 2 amide bonds. The summed E-state index contributed by atoms with van der Waals surface area (Å²) in [5, 5.41) is 11.5. The summed E-state index contributed by atoms with van der Waals surface area (Å²) in [4.78, 5) is 29.7. The van der Waals surface area contributed by atoms with Crippen molar-refractivity contribution in [2.45, 2.75) is 32.9 Å². The van der Waals surface area contributed by atoms with E-state index in [-0.39, 0.29) is 35.1 Å². The molecule has 2 fully saturated rings. The van der Waals surface area contributed by atoms with Crippen LogP contribution in [0.15, 0.2) is 48.6 Å². The van der Waals surface area contributed by atoms with Gasteiger partial charge in [-0.1, -0.05) is 51.1 Å². The van der Waals surface area contributed by atoms with Crippen molar-refractivity contribution in [3.8, 4) is 5.75 Å².